The molecule has 12 atom stereocenters. The SMILES string of the molecule is COC1(C)O[C@H]2[C@@H](O[C@H]3O[C@H](COCc4ccccc4)[C@@H](OCc4ccccc4)[C@H](OCc4ccccc4)[C@@H]3OC(=O)CCl)[C@@H](CO[Si](C(C)C)(C(C)C)C(C)C)O[C@@H](OCC[Si](C)(C)C)[C@@H]2OC1(C)OC. The Hall–Kier alpha value is -2.63. The molecule has 3 aromatic carbocycles. The van der Waals surface area contributed by atoms with Crippen LogP contribution in [0.3, 0.4) is 0 Å². The Kier molecular flexibility index (Phi) is 21.5. The number of carbonyl (C=O) groups is 1. The van der Waals surface area contributed by atoms with Gasteiger partial charge in [-0.3, -0.25) is 4.79 Å². The van der Waals surface area contributed by atoms with Gasteiger partial charge in [0.1, 0.15) is 48.6 Å². The Morgan fingerprint density at radius 2 is 1.08 bits per heavy atom. The fourth-order valence-electron chi connectivity index (χ4n) is 10.4. The predicted octanol–water partition coefficient (Wildman–Crippen LogP) is 10.4. The van der Waals surface area contributed by atoms with E-state index in [9.17, 15) is 4.79 Å². The van der Waals surface area contributed by atoms with Crippen LogP contribution in [-0.2, 0) is 85.9 Å². The molecule has 0 bridgehead atoms. The number of fused-ring (bicyclic) bond motifs is 1. The summed E-state index contributed by atoms with van der Waals surface area (Å²) in [5.41, 5.74) is 3.58. The maximum absolute atomic E-state index is 13.7. The average Bonchev–Trinajstić information content (AvgIpc) is 3.35. The first-order chi connectivity index (χ1) is 34.3. The van der Waals surface area contributed by atoms with Crippen LogP contribution in [0, 0.1) is 0 Å². The van der Waals surface area contributed by atoms with Crippen molar-refractivity contribution in [2.24, 2.45) is 0 Å². The second kappa shape index (κ2) is 26.4. The topological polar surface area (TPSA) is 137 Å². The Morgan fingerprint density at radius 3 is 1.57 bits per heavy atom. The van der Waals surface area contributed by atoms with E-state index < -0.39 is 101 Å². The van der Waals surface area contributed by atoms with E-state index in [1.165, 1.54) is 0 Å². The molecule has 3 heterocycles. The van der Waals surface area contributed by atoms with Crippen molar-refractivity contribution in [3.05, 3.63) is 108 Å². The molecule has 402 valence electrons. The smallest absolute Gasteiger partial charge is 0.321 e. The van der Waals surface area contributed by atoms with Gasteiger partial charge in [-0.15, -0.1) is 11.6 Å². The molecular weight excluding hydrogens is 976 g/mol. The zero-order valence-electron chi connectivity index (χ0n) is 44.9. The summed E-state index contributed by atoms with van der Waals surface area (Å²) in [5, 5.41) is 0. The van der Waals surface area contributed by atoms with Crippen molar-refractivity contribution in [3.8, 4) is 0 Å². The lowest BCUT2D eigenvalue weighted by Crippen LogP contribution is -2.74. The summed E-state index contributed by atoms with van der Waals surface area (Å²) in [7, 11) is -0.991. The van der Waals surface area contributed by atoms with E-state index in [1.54, 1.807) is 28.1 Å². The summed E-state index contributed by atoms with van der Waals surface area (Å²) in [6.07, 6.45) is -9.87. The summed E-state index contributed by atoms with van der Waals surface area (Å²) in [5.74, 6) is -4.03. The van der Waals surface area contributed by atoms with Crippen LogP contribution in [0.5, 0.6) is 0 Å². The molecule has 0 radical (unpaired) electrons. The predicted molar refractivity (Wildman–Crippen MR) is 281 cm³/mol. The minimum atomic E-state index is -2.52. The van der Waals surface area contributed by atoms with Gasteiger partial charge >= 0.3 is 5.97 Å². The minimum absolute atomic E-state index is 0.0567. The van der Waals surface area contributed by atoms with Crippen molar-refractivity contribution < 1.29 is 66.1 Å². The van der Waals surface area contributed by atoms with Crippen molar-refractivity contribution in [3.63, 3.8) is 0 Å². The second-order valence-electron chi connectivity index (χ2n) is 21.6. The second-order valence-corrected chi connectivity index (χ2v) is 32.9. The maximum Gasteiger partial charge on any atom is 0.321 e. The summed E-state index contributed by atoms with van der Waals surface area (Å²) < 4.78 is 88.4. The van der Waals surface area contributed by atoms with Crippen molar-refractivity contribution >= 4 is 34.0 Å². The van der Waals surface area contributed by atoms with E-state index in [-0.39, 0.29) is 43.1 Å². The molecule has 3 aromatic rings. The highest BCUT2D eigenvalue weighted by Gasteiger charge is 2.64. The highest BCUT2D eigenvalue weighted by atomic mass is 35.5. The number of esters is 1. The minimum Gasteiger partial charge on any atom is -0.453 e. The number of rotatable bonds is 26. The third-order valence-corrected chi connectivity index (χ3v) is 22.5. The van der Waals surface area contributed by atoms with Gasteiger partial charge in [0.25, 0.3) is 0 Å². The Balaban J connectivity index is 1.48. The van der Waals surface area contributed by atoms with E-state index >= 15 is 0 Å². The number of hydrogen-bond donors (Lipinski definition) is 0. The fourth-order valence-corrected chi connectivity index (χ4v) is 16.6. The van der Waals surface area contributed by atoms with Crippen LogP contribution in [0.2, 0.25) is 42.3 Å². The standard InChI is InChI=1S/C55H83ClO14Si2/c1-37(2)72(38(3)4,39(5)6)64-36-44-47(49-51(52(65-44)61-29-30-71(11,12)13)70-55(8,59-10)54(7,58-9)69-49)68-53-50(67-45(57)31-56)48(63-34-42-27-21-16-22-28-42)46(62-33-41-25-19-15-20-26-41)43(66-53)35-60-32-40-23-17-14-18-24-40/h14-28,37-39,43-44,46-53H,29-36H2,1-13H3/t43-,44-,46-,47+,48+,49+,50+,51-,52-,53-,54?,55?/m1/s1. The van der Waals surface area contributed by atoms with Gasteiger partial charge in [0.15, 0.2) is 27.0 Å². The van der Waals surface area contributed by atoms with Gasteiger partial charge in [-0.25, -0.2) is 0 Å². The van der Waals surface area contributed by atoms with Crippen LogP contribution >= 0.6 is 11.6 Å². The lowest BCUT2D eigenvalue weighted by atomic mass is 9.93. The number of hydrogen-bond acceptors (Lipinski definition) is 14. The molecule has 72 heavy (non-hydrogen) atoms. The van der Waals surface area contributed by atoms with Crippen LogP contribution in [-0.4, -0.2) is 135 Å². The first-order valence-corrected chi connectivity index (χ1v) is 32.0. The van der Waals surface area contributed by atoms with Crippen LogP contribution in [0.1, 0.15) is 72.1 Å². The molecule has 3 aliphatic rings. The van der Waals surface area contributed by atoms with Crippen molar-refractivity contribution in [1.82, 2.24) is 0 Å². The summed E-state index contributed by atoms with van der Waals surface area (Å²) in [6, 6.07) is 30.3. The first kappa shape index (κ1) is 58.6. The van der Waals surface area contributed by atoms with E-state index in [0.29, 0.717) is 13.2 Å². The normalized spacial score (nSPS) is 30.2. The van der Waals surface area contributed by atoms with E-state index in [4.69, 9.17) is 72.9 Å². The van der Waals surface area contributed by atoms with Crippen molar-refractivity contribution in [1.29, 1.82) is 0 Å². The largest absolute Gasteiger partial charge is 0.453 e. The molecule has 3 aliphatic heterocycles. The zero-order valence-corrected chi connectivity index (χ0v) is 47.7. The molecule has 0 aliphatic carbocycles. The molecule has 17 heteroatoms. The molecule has 3 fully saturated rings. The van der Waals surface area contributed by atoms with Crippen LogP contribution in [0.25, 0.3) is 0 Å². The van der Waals surface area contributed by atoms with Gasteiger partial charge in [0.2, 0.25) is 11.6 Å². The van der Waals surface area contributed by atoms with Gasteiger partial charge in [0.05, 0.1) is 33.0 Å². The van der Waals surface area contributed by atoms with Gasteiger partial charge in [-0.2, -0.15) is 0 Å². The molecule has 6 rings (SSSR count). The average molecular weight is 1060 g/mol. The van der Waals surface area contributed by atoms with E-state index in [1.807, 2.05) is 91.0 Å². The zero-order chi connectivity index (χ0) is 52.3. The van der Waals surface area contributed by atoms with Gasteiger partial charge < -0.3 is 61.3 Å². The summed E-state index contributed by atoms with van der Waals surface area (Å²) in [4.78, 5) is 13.7. The lowest BCUT2D eigenvalue weighted by molar-refractivity contribution is -0.490. The Morgan fingerprint density at radius 1 is 0.611 bits per heavy atom. The first-order valence-electron chi connectivity index (χ1n) is 25.6. The van der Waals surface area contributed by atoms with Gasteiger partial charge in [0, 0.05) is 28.9 Å². The Labute approximate surface area is 436 Å². The Bertz CT molecular complexity index is 2050. The van der Waals surface area contributed by atoms with Gasteiger partial charge in [-0.1, -0.05) is 152 Å². The molecular formula is C55H83ClO14Si2. The fraction of sp³-hybridized carbons (Fsp3) is 0.655. The summed E-state index contributed by atoms with van der Waals surface area (Å²) >= 11 is 6.26. The number of halogens is 1. The molecule has 0 saturated carbocycles. The number of alkyl halides is 1. The molecule has 0 N–H and O–H groups in total. The number of methoxy groups -OCH3 is 2. The van der Waals surface area contributed by atoms with Crippen molar-refractivity contribution in [2.45, 2.75) is 191 Å². The van der Waals surface area contributed by atoms with Gasteiger partial charge in [-0.05, 0) is 53.2 Å². The highest BCUT2D eigenvalue weighted by Crippen LogP contribution is 2.47. The molecule has 0 amide bonds. The number of ether oxygens (including phenoxy) is 12. The van der Waals surface area contributed by atoms with E-state index in [2.05, 4.69) is 61.2 Å². The van der Waals surface area contributed by atoms with Crippen LogP contribution in [0.15, 0.2) is 91.0 Å². The quantitative estimate of drug-likeness (QED) is 0.0428. The molecule has 2 unspecified atom stereocenters. The summed E-state index contributed by atoms with van der Waals surface area (Å²) in [6.45, 7) is 25.1. The highest BCUT2D eigenvalue weighted by molar-refractivity contribution is 6.77. The monoisotopic (exact) mass is 1060 g/mol. The molecule has 0 aromatic heterocycles. The maximum atomic E-state index is 13.7. The van der Waals surface area contributed by atoms with Crippen LogP contribution in [0.4, 0.5) is 0 Å². The third kappa shape index (κ3) is 14.4. The third-order valence-electron chi connectivity index (χ3n) is 14.5. The number of carbonyl (C=O) groups excluding carboxylic acids is 1. The lowest BCUT2D eigenvalue weighted by Gasteiger charge is -2.58. The molecule has 3 saturated heterocycles. The molecule has 14 nitrogen and oxygen atoms in total. The molecule has 0 spiro atoms. The van der Waals surface area contributed by atoms with Crippen LogP contribution < -0.4 is 0 Å². The van der Waals surface area contributed by atoms with E-state index in [0.717, 1.165) is 22.7 Å². The number of benzene rings is 3. The van der Waals surface area contributed by atoms with Crippen molar-refractivity contribution in [2.75, 3.05) is 39.9 Å².